The van der Waals surface area contributed by atoms with Gasteiger partial charge < -0.3 is 5.11 Å². The third kappa shape index (κ3) is 2.28. The number of aliphatic hydroxyl groups excluding tert-OH is 1. The molecule has 0 unspecified atom stereocenters. The lowest BCUT2D eigenvalue weighted by atomic mass is 10.2. The summed E-state index contributed by atoms with van der Waals surface area (Å²) in [6.07, 6.45) is 2.64. The quantitative estimate of drug-likeness (QED) is 0.830. The van der Waals surface area contributed by atoms with Crippen LogP contribution in [0.4, 0.5) is 0 Å². The van der Waals surface area contributed by atoms with Crippen LogP contribution >= 0.6 is 0 Å². The van der Waals surface area contributed by atoms with Crippen LogP contribution in [0, 0.1) is 13.8 Å². The summed E-state index contributed by atoms with van der Waals surface area (Å²) in [6.45, 7) is 8.36. The number of likely N-dealkylation sites (tertiary alicyclic amines) is 1. The zero-order chi connectivity index (χ0) is 11.5. The van der Waals surface area contributed by atoms with E-state index in [0.29, 0.717) is 6.54 Å². The van der Waals surface area contributed by atoms with Gasteiger partial charge >= 0.3 is 0 Å². The zero-order valence-corrected chi connectivity index (χ0v) is 10.2. The fourth-order valence-corrected chi connectivity index (χ4v) is 2.44. The summed E-state index contributed by atoms with van der Waals surface area (Å²) in [5, 5.41) is 13.4. The maximum absolute atomic E-state index is 8.96. The summed E-state index contributed by atoms with van der Waals surface area (Å²) in [4.78, 5) is 2.49. The lowest BCUT2D eigenvalue weighted by Gasteiger charge is -2.14. The summed E-state index contributed by atoms with van der Waals surface area (Å²) in [5.41, 5.74) is 3.66. The normalized spacial score (nSPS) is 17.2. The molecule has 0 amide bonds. The van der Waals surface area contributed by atoms with Gasteiger partial charge in [0.15, 0.2) is 0 Å². The molecular formula is C12H21N3O. The van der Waals surface area contributed by atoms with Crippen molar-refractivity contribution in [3.63, 3.8) is 0 Å². The first kappa shape index (κ1) is 11.6. The summed E-state index contributed by atoms with van der Waals surface area (Å²) < 4.78 is 1.92. The number of aromatic nitrogens is 2. The third-order valence-corrected chi connectivity index (χ3v) is 3.42. The minimum absolute atomic E-state index is 0.158. The van der Waals surface area contributed by atoms with Crippen molar-refractivity contribution in [3.8, 4) is 0 Å². The van der Waals surface area contributed by atoms with Gasteiger partial charge in [0.05, 0.1) is 18.8 Å². The van der Waals surface area contributed by atoms with Gasteiger partial charge in [0.25, 0.3) is 0 Å². The molecule has 0 bridgehead atoms. The van der Waals surface area contributed by atoms with Gasteiger partial charge in [-0.1, -0.05) is 0 Å². The van der Waals surface area contributed by atoms with Gasteiger partial charge in [-0.3, -0.25) is 9.58 Å². The first-order chi connectivity index (χ1) is 7.72. The summed E-state index contributed by atoms with van der Waals surface area (Å²) in [5.74, 6) is 0. The van der Waals surface area contributed by atoms with Crippen LogP contribution in [0.1, 0.15) is 29.8 Å². The second-order valence-corrected chi connectivity index (χ2v) is 4.58. The maximum atomic E-state index is 8.96. The number of aliphatic hydroxyl groups is 1. The summed E-state index contributed by atoms with van der Waals surface area (Å²) >= 11 is 0. The molecule has 1 aromatic rings. The van der Waals surface area contributed by atoms with E-state index >= 15 is 0 Å². The highest BCUT2D eigenvalue weighted by molar-refractivity contribution is 5.24. The molecule has 1 aliphatic rings. The Labute approximate surface area is 96.9 Å². The highest BCUT2D eigenvalue weighted by atomic mass is 16.3. The fourth-order valence-electron chi connectivity index (χ4n) is 2.44. The molecular weight excluding hydrogens is 202 g/mol. The Hall–Kier alpha value is -0.870. The number of aryl methyl sites for hydroxylation is 1. The SMILES string of the molecule is Cc1nn(CCO)c(C)c1CN1CCCC1. The zero-order valence-electron chi connectivity index (χ0n) is 10.2. The van der Waals surface area contributed by atoms with E-state index in [1.165, 1.54) is 37.2 Å². The molecule has 0 spiro atoms. The van der Waals surface area contributed by atoms with Crippen molar-refractivity contribution >= 4 is 0 Å². The molecule has 2 rings (SSSR count). The van der Waals surface area contributed by atoms with Crippen molar-refractivity contribution in [2.24, 2.45) is 0 Å². The maximum Gasteiger partial charge on any atom is 0.0644 e. The van der Waals surface area contributed by atoms with Crippen LogP contribution in [-0.4, -0.2) is 39.5 Å². The molecule has 4 heteroatoms. The predicted octanol–water partition coefficient (Wildman–Crippen LogP) is 1.09. The van der Waals surface area contributed by atoms with Crippen molar-refractivity contribution in [2.75, 3.05) is 19.7 Å². The van der Waals surface area contributed by atoms with Crippen molar-refractivity contribution in [2.45, 2.75) is 39.8 Å². The second-order valence-electron chi connectivity index (χ2n) is 4.58. The van der Waals surface area contributed by atoms with Gasteiger partial charge in [-0.15, -0.1) is 0 Å². The van der Waals surface area contributed by atoms with Crippen molar-refractivity contribution in [1.82, 2.24) is 14.7 Å². The largest absolute Gasteiger partial charge is 0.394 e. The molecule has 0 saturated carbocycles. The van der Waals surface area contributed by atoms with Crippen LogP contribution < -0.4 is 0 Å². The molecule has 16 heavy (non-hydrogen) atoms. The Balaban J connectivity index is 2.12. The Morgan fingerprint density at radius 1 is 1.25 bits per heavy atom. The number of hydrogen-bond donors (Lipinski definition) is 1. The second kappa shape index (κ2) is 4.97. The Bertz CT molecular complexity index is 353. The van der Waals surface area contributed by atoms with Gasteiger partial charge in [0.2, 0.25) is 0 Å². The van der Waals surface area contributed by atoms with Crippen LogP contribution in [0.25, 0.3) is 0 Å². The molecule has 1 fully saturated rings. The number of hydrogen-bond acceptors (Lipinski definition) is 3. The summed E-state index contributed by atoms with van der Waals surface area (Å²) in [7, 11) is 0. The smallest absolute Gasteiger partial charge is 0.0644 e. The molecule has 1 N–H and O–H groups in total. The van der Waals surface area contributed by atoms with E-state index in [0.717, 1.165) is 12.2 Å². The van der Waals surface area contributed by atoms with Crippen LogP contribution in [0.15, 0.2) is 0 Å². The van der Waals surface area contributed by atoms with Gasteiger partial charge in [0, 0.05) is 17.8 Å². The van der Waals surface area contributed by atoms with E-state index in [2.05, 4.69) is 23.8 Å². The van der Waals surface area contributed by atoms with Crippen molar-refractivity contribution < 1.29 is 5.11 Å². The molecule has 4 nitrogen and oxygen atoms in total. The van der Waals surface area contributed by atoms with E-state index in [1.54, 1.807) is 0 Å². The topological polar surface area (TPSA) is 41.3 Å². The Kier molecular flexibility index (Phi) is 3.61. The Morgan fingerprint density at radius 2 is 1.94 bits per heavy atom. The lowest BCUT2D eigenvalue weighted by Crippen LogP contribution is -2.19. The predicted molar refractivity (Wildman–Crippen MR) is 63.3 cm³/mol. The molecule has 0 atom stereocenters. The van der Waals surface area contributed by atoms with Crippen molar-refractivity contribution in [3.05, 3.63) is 17.0 Å². The van der Waals surface area contributed by atoms with Gasteiger partial charge in [-0.05, 0) is 39.8 Å². The molecule has 90 valence electrons. The minimum Gasteiger partial charge on any atom is -0.394 e. The van der Waals surface area contributed by atoms with Crippen LogP contribution in [0.3, 0.4) is 0 Å². The summed E-state index contributed by atoms with van der Waals surface area (Å²) in [6, 6.07) is 0. The number of rotatable bonds is 4. The molecule has 0 aromatic carbocycles. The average Bonchev–Trinajstić information content (AvgIpc) is 2.84. The first-order valence-electron chi connectivity index (χ1n) is 6.08. The van der Waals surface area contributed by atoms with E-state index in [1.807, 2.05) is 4.68 Å². The molecule has 2 heterocycles. The molecule has 0 aliphatic carbocycles. The van der Waals surface area contributed by atoms with E-state index in [-0.39, 0.29) is 6.61 Å². The van der Waals surface area contributed by atoms with E-state index in [4.69, 9.17) is 5.11 Å². The first-order valence-corrected chi connectivity index (χ1v) is 6.08. The lowest BCUT2D eigenvalue weighted by molar-refractivity contribution is 0.267. The highest BCUT2D eigenvalue weighted by Gasteiger charge is 2.17. The highest BCUT2D eigenvalue weighted by Crippen LogP contribution is 2.18. The van der Waals surface area contributed by atoms with Crippen LogP contribution in [0.5, 0.6) is 0 Å². The van der Waals surface area contributed by atoms with Crippen LogP contribution in [0.2, 0.25) is 0 Å². The van der Waals surface area contributed by atoms with Crippen molar-refractivity contribution in [1.29, 1.82) is 0 Å². The molecule has 0 radical (unpaired) electrons. The van der Waals surface area contributed by atoms with Gasteiger partial charge in [0.1, 0.15) is 0 Å². The van der Waals surface area contributed by atoms with Crippen LogP contribution in [-0.2, 0) is 13.1 Å². The average molecular weight is 223 g/mol. The Morgan fingerprint density at radius 3 is 2.56 bits per heavy atom. The van der Waals surface area contributed by atoms with Gasteiger partial charge in [-0.2, -0.15) is 5.10 Å². The van der Waals surface area contributed by atoms with Gasteiger partial charge in [-0.25, -0.2) is 0 Å². The van der Waals surface area contributed by atoms with E-state index in [9.17, 15) is 0 Å². The molecule has 1 saturated heterocycles. The monoisotopic (exact) mass is 223 g/mol. The molecule has 1 aliphatic heterocycles. The standard InChI is InChI=1S/C12H21N3O/c1-10-12(9-14-5-3-4-6-14)11(2)15(13-10)7-8-16/h16H,3-9H2,1-2H3. The molecule has 1 aromatic heterocycles. The number of nitrogens with zero attached hydrogens (tertiary/aromatic N) is 3. The minimum atomic E-state index is 0.158. The fraction of sp³-hybridized carbons (Fsp3) is 0.750. The van der Waals surface area contributed by atoms with E-state index < -0.39 is 0 Å². The third-order valence-electron chi connectivity index (χ3n) is 3.42.